The number of aliphatic carboxylic acids is 1. The zero-order chi connectivity index (χ0) is 12.8. The SMILES string of the molecule is CSc1ccccc1C(=O)NC(CF)C(=O)O. The molecule has 17 heavy (non-hydrogen) atoms. The lowest BCUT2D eigenvalue weighted by Crippen LogP contribution is -2.42. The highest BCUT2D eigenvalue weighted by atomic mass is 32.2. The molecule has 1 rings (SSSR count). The molecule has 0 aliphatic carbocycles. The number of hydrogen-bond donors (Lipinski definition) is 2. The molecule has 0 spiro atoms. The number of hydrogen-bond acceptors (Lipinski definition) is 3. The van der Waals surface area contributed by atoms with Crippen LogP contribution in [0.2, 0.25) is 0 Å². The van der Waals surface area contributed by atoms with Crippen molar-refractivity contribution in [3.05, 3.63) is 29.8 Å². The fraction of sp³-hybridized carbons (Fsp3) is 0.273. The molecule has 1 atom stereocenters. The van der Waals surface area contributed by atoms with Gasteiger partial charge in [0.25, 0.3) is 5.91 Å². The predicted octanol–water partition coefficient (Wildman–Crippen LogP) is 1.56. The number of rotatable bonds is 5. The first kappa shape index (κ1) is 13.5. The van der Waals surface area contributed by atoms with Crippen LogP contribution in [0, 0.1) is 0 Å². The Balaban J connectivity index is 2.86. The molecule has 0 bridgehead atoms. The number of amides is 1. The summed E-state index contributed by atoms with van der Waals surface area (Å²) >= 11 is 1.36. The number of alkyl halides is 1. The van der Waals surface area contributed by atoms with Crippen LogP contribution < -0.4 is 5.32 Å². The van der Waals surface area contributed by atoms with Crippen LogP contribution in [0.25, 0.3) is 0 Å². The molecule has 4 nitrogen and oxygen atoms in total. The lowest BCUT2D eigenvalue weighted by atomic mass is 10.2. The van der Waals surface area contributed by atoms with Gasteiger partial charge in [-0.15, -0.1) is 11.8 Å². The number of carboxylic acid groups (broad SMARTS) is 1. The minimum Gasteiger partial charge on any atom is -0.480 e. The van der Waals surface area contributed by atoms with Crippen LogP contribution in [0.15, 0.2) is 29.2 Å². The van der Waals surface area contributed by atoms with Gasteiger partial charge in [-0.3, -0.25) is 4.79 Å². The number of carbonyl (C=O) groups is 2. The van der Waals surface area contributed by atoms with E-state index in [2.05, 4.69) is 5.32 Å². The molecule has 0 heterocycles. The summed E-state index contributed by atoms with van der Waals surface area (Å²) in [6.07, 6.45) is 1.80. The largest absolute Gasteiger partial charge is 0.480 e. The molecule has 0 aliphatic rings. The molecular formula is C11H12FNO3S. The summed E-state index contributed by atoms with van der Waals surface area (Å²) in [5.74, 6) is -1.97. The highest BCUT2D eigenvalue weighted by Gasteiger charge is 2.21. The van der Waals surface area contributed by atoms with E-state index in [4.69, 9.17) is 5.11 Å². The normalized spacial score (nSPS) is 11.9. The monoisotopic (exact) mass is 257 g/mol. The molecule has 6 heteroatoms. The van der Waals surface area contributed by atoms with Crippen LogP contribution in [-0.4, -0.2) is 36.0 Å². The van der Waals surface area contributed by atoms with E-state index in [0.717, 1.165) is 0 Å². The number of thioether (sulfide) groups is 1. The first-order valence-corrected chi connectivity index (χ1v) is 6.05. The van der Waals surface area contributed by atoms with Gasteiger partial charge in [0.2, 0.25) is 0 Å². The maximum atomic E-state index is 12.4. The van der Waals surface area contributed by atoms with Gasteiger partial charge < -0.3 is 10.4 Å². The van der Waals surface area contributed by atoms with E-state index in [1.54, 1.807) is 30.5 Å². The molecule has 2 N–H and O–H groups in total. The first-order valence-electron chi connectivity index (χ1n) is 4.82. The first-order chi connectivity index (χ1) is 8.10. The number of halogens is 1. The van der Waals surface area contributed by atoms with E-state index in [1.165, 1.54) is 11.8 Å². The number of nitrogens with one attached hydrogen (secondary N) is 1. The Morgan fingerprint density at radius 1 is 1.47 bits per heavy atom. The molecule has 0 fully saturated rings. The maximum absolute atomic E-state index is 12.4. The minimum absolute atomic E-state index is 0.347. The zero-order valence-electron chi connectivity index (χ0n) is 9.14. The highest BCUT2D eigenvalue weighted by molar-refractivity contribution is 7.98. The van der Waals surface area contributed by atoms with Crippen molar-refractivity contribution >= 4 is 23.6 Å². The molecule has 0 saturated heterocycles. The van der Waals surface area contributed by atoms with Crippen molar-refractivity contribution in [1.82, 2.24) is 5.32 Å². The fourth-order valence-electron chi connectivity index (χ4n) is 1.23. The predicted molar refractivity (Wildman–Crippen MR) is 63.1 cm³/mol. The van der Waals surface area contributed by atoms with Gasteiger partial charge in [-0.25, -0.2) is 9.18 Å². The van der Waals surface area contributed by atoms with Gasteiger partial charge in [-0.2, -0.15) is 0 Å². The summed E-state index contributed by atoms with van der Waals surface area (Å²) < 4.78 is 12.4. The van der Waals surface area contributed by atoms with Crippen molar-refractivity contribution in [3.8, 4) is 0 Å². The van der Waals surface area contributed by atoms with Crippen LogP contribution >= 0.6 is 11.8 Å². The molecule has 1 aromatic carbocycles. The Kier molecular flexibility index (Phi) is 4.96. The Morgan fingerprint density at radius 2 is 2.12 bits per heavy atom. The van der Waals surface area contributed by atoms with E-state index in [1.807, 2.05) is 0 Å². The molecule has 1 amide bonds. The molecule has 1 unspecified atom stereocenters. The molecule has 0 radical (unpaired) electrons. The molecule has 92 valence electrons. The number of carbonyl (C=O) groups excluding carboxylic acids is 1. The third-order valence-corrected chi connectivity index (χ3v) is 2.91. The Bertz CT molecular complexity index is 425. The molecular weight excluding hydrogens is 245 g/mol. The van der Waals surface area contributed by atoms with E-state index >= 15 is 0 Å². The van der Waals surface area contributed by atoms with Crippen molar-refractivity contribution in [3.63, 3.8) is 0 Å². The molecule has 0 aromatic heterocycles. The van der Waals surface area contributed by atoms with Gasteiger partial charge in [0.1, 0.15) is 6.67 Å². The molecule has 1 aromatic rings. The number of benzene rings is 1. The van der Waals surface area contributed by atoms with E-state index in [9.17, 15) is 14.0 Å². The molecule has 0 saturated carbocycles. The number of carboxylic acids is 1. The quantitative estimate of drug-likeness (QED) is 0.786. The minimum atomic E-state index is -1.50. The Labute approximate surface area is 102 Å². The average Bonchev–Trinajstić information content (AvgIpc) is 2.35. The van der Waals surface area contributed by atoms with Crippen molar-refractivity contribution in [1.29, 1.82) is 0 Å². The lowest BCUT2D eigenvalue weighted by molar-refractivity contribution is -0.139. The van der Waals surface area contributed by atoms with Crippen molar-refractivity contribution in [2.75, 3.05) is 12.9 Å². The summed E-state index contributed by atoms with van der Waals surface area (Å²) in [6, 6.07) is 5.24. The van der Waals surface area contributed by atoms with Crippen LogP contribution in [0.1, 0.15) is 10.4 Å². The van der Waals surface area contributed by atoms with Gasteiger partial charge in [0.15, 0.2) is 6.04 Å². The summed E-state index contributed by atoms with van der Waals surface area (Å²) in [6.45, 7) is -1.14. The van der Waals surface area contributed by atoms with Crippen LogP contribution in [0.5, 0.6) is 0 Å². The van der Waals surface area contributed by atoms with Gasteiger partial charge >= 0.3 is 5.97 Å². The Hall–Kier alpha value is -1.56. The average molecular weight is 257 g/mol. The van der Waals surface area contributed by atoms with Gasteiger partial charge in [0, 0.05) is 4.90 Å². The van der Waals surface area contributed by atoms with Crippen molar-refractivity contribution in [2.45, 2.75) is 10.9 Å². The highest BCUT2D eigenvalue weighted by Crippen LogP contribution is 2.19. The standard InChI is InChI=1S/C11H12FNO3S/c1-17-9-5-3-2-4-7(9)10(14)13-8(6-12)11(15)16/h2-5,8H,6H2,1H3,(H,13,14)(H,15,16). The zero-order valence-corrected chi connectivity index (χ0v) is 9.96. The fourth-order valence-corrected chi connectivity index (χ4v) is 1.83. The van der Waals surface area contributed by atoms with Gasteiger partial charge in [-0.1, -0.05) is 12.1 Å². The molecule has 0 aliphatic heterocycles. The van der Waals surface area contributed by atoms with Crippen molar-refractivity contribution < 1.29 is 19.1 Å². The van der Waals surface area contributed by atoms with Gasteiger partial charge in [0.05, 0.1) is 5.56 Å². The van der Waals surface area contributed by atoms with E-state index in [0.29, 0.717) is 10.5 Å². The third-order valence-electron chi connectivity index (χ3n) is 2.11. The second-order valence-corrected chi connectivity index (χ2v) is 4.07. The maximum Gasteiger partial charge on any atom is 0.328 e. The van der Waals surface area contributed by atoms with Crippen LogP contribution in [0.3, 0.4) is 0 Å². The van der Waals surface area contributed by atoms with E-state index < -0.39 is 24.6 Å². The van der Waals surface area contributed by atoms with Crippen LogP contribution in [-0.2, 0) is 4.79 Å². The van der Waals surface area contributed by atoms with Crippen LogP contribution in [0.4, 0.5) is 4.39 Å². The summed E-state index contributed by atoms with van der Waals surface area (Å²) in [4.78, 5) is 23.1. The third kappa shape index (κ3) is 3.45. The van der Waals surface area contributed by atoms with E-state index in [-0.39, 0.29) is 0 Å². The summed E-state index contributed by atoms with van der Waals surface area (Å²) in [5.41, 5.74) is 0.347. The Morgan fingerprint density at radius 3 is 2.65 bits per heavy atom. The van der Waals surface area contributed by atoms with Crippen molar-refractivity contribution in [2.24, 2.45) is 0 Å². The smallest absolute Gasteiger partial charge is 0.328 e. The topological polar surface area (TPSA) is 66.4 Å². The second kappa shape index (κ2) is 6.24. The summed E-state index contributed by atoms with van der Waals surface area (Å²) in [5, 5.41) is 10.8. The van der Waals surface area contributed by atoms with Gasteiger partial charge in [-0.05, 0) is 18.4 Å². The second-order valence-electron chi connectivity index (χ2n) is 3.22. The summed E-state index contributed by atoms with van der Waals surface area (Å²) in [7, 11) is 0. The lowest BCUT2D eigenvalue weighted by Gasteiger charge is -2.12.